The molecule has 0 aromatic heterocycles. The molecule has 38 heavy (non-hydrogen) atoms. The van der Waals surface area contributed by atoms with Gasteiger partial charge in [0.25, 0.3) is 11.8 Å². The molecule has 0 radical (unpaired) electrons. The predicted octanol–water partition coefficient (Wildman–Crippen LogP) is 2.25. The molecule has 2 saturated heterocycles. The molecule has 4 aliphatic rings. The molecule has 1 saturated carbocycles. The lowest BCUT2D eigenvalue weighted by Gasteiger charge is -2.50. The van der Waals surface area contributed by atoms with Gasteiger partial charge in [-0.2, -0.15) is 0 Å². The summed E-state index contributed by atoms with van der Waals surface area (Å²) in [4.78, 5) is 62.7. The number of allylic oxidation sites excluding steroid dienone is 2. The van der Waals surface area contributed by atoms with Crippen molar-refractivity contribution < 1.29 is 38.9 Å². The van der Waals surface area contributed by atoms with Gasteiger partial charge in [-0.1, -0.05) is 17.7 Å². The molecular formula is C26H26Cl2N2O8. The highest BCUT2D eigenvalue weighted by Gasteiger charge is 2.76. The predicted molar refractivity (Wildman–Crippen MR) is 134 cm³/mol. The third-order valence-corrected chi connectivity index (χ3v) is 9.84. The average Bonchev–Trinajstić information content (AvgIpc) is 3.19. The minimum Gasteiger partial charge on any atom is -0.508 e. The zero-order valence-electron chi connectivity index (χ0n) is 20.6. The number of rotatable bonds is 6. The normalized spacial score (nSPS) is 34.2. The van der Waals surface area contributed by atoms with Crippen LogP contribution in [0.2, 0.25) is 0 Å². The molecule has 1 aromatic rings. The number of benzene rings is 1. The van der Waals surface area contributed by atoms with Crippen LogP contribution in [0, 0.1) is 17.8 Å². The van der Waals surface area contributed by atoms with Crippen LogP contribution < -0.4 is 4.74 Å². The summed E-state index contributed by atoms with van der Waals surface area (Å²) >= 11 is 14.1. The van der Waals surface area contributed by atoms with Crippen LogP contribution in [0.25, 0.3) is 0 Å². The quantitative estimate of drug-likeness (QED) is 0.304. The van der Waals surface area contributed by atoms with Gasteiger partial charge in [-0.15, -0.1) is 23.2 Å². The Morgan fingerprint density at radius 3 is 2.47 bits per heavy atom. The second-order valence-corrected chi connectivity index (χ2v) is 11.5. The molecule has 2 heterocycles. The number of carboxylic acid groups (broad SMARTS) is 1. The average molecular weight is 565 g/mol. The number of methoxy groups -OCH3 is 1. The fourth-order valence-electron chi connectivity index (χ4n) is 6.66. The Morgan fingerprint density at radius 2 is 1.84 bits per heavy atom. The monoisotopic (exact) mass is 564 g/mol. The highest BCUT2D eigenvalue weighted by atomic mass is 35.5. The smallest absolute Gasteiger partial charge is 0.303 e. The van der Waals surface area contributed by atoms with E-state index in [1.807, 2.05) is 0 Å². The maximum atomic E-state index is 13.6. The number of hydrogen-bond donors (Lipinski definition) is 2. The standard InChI is InChI=1S/C26H26Cl2N2O8/c1-29-23(36)25(27)11-16-13(7-8-15-19(16)22(35)30(21(15)34)9-3-4-18(32)33)20(26(25,28)24(29)37)14-6-5-12(38-2)10-17(14)31/h5-7,10,15-16,19-20,31H,3-4,8-9,11H2,1-2H3,(H,32,33)/t15-,16+,19-,20+,25+,26-/m0/s1. The third-order valence-electron chi connectivity index (χ3n) is 8.43. The van der Waals surface area contributed by atoms with Gasteiger partial charge in [-0.05, 0) is 31.2 Å². The van der Waals surface area contributed by atoms with Crippen LogP contribution in [-0.2, 0) is 24.0 Å². The van der Waals surface area contributed by atoms with Crippen LogP contribution in [0.3, 0.4) is 0 Å². The van der Waals surface area contributed by atoms with Crippen molar-refractivity contribution in [2.45, 2.75) is 41.3 Å². The molecule has 2 N–H and O–H groups in total. The molecule has 0 unspecified atom stereocenters. The number of hydrogen-bond acceptors (Lipinski definition) is 7. The van der Waals surface area contributed by atoms with Crippen LogP contribution in [0.1, 0.15) is 37.2 Å². The maximum absolute atomic E-state index is 13.6. The van der Waals surface area contributed by atoms with E-state index in [1.54, 1.807) is 18.2 Å². The number of nitrogens with zero attached hydrogens (tertiary/aromatic N) is 2. The van der Waals surface area contributed by atoms with Gasteiger partial charge < -0.3 is 14.9 Å². The second-order valence-electron chi connectivity index (χ2n) is 10.2. The van der Waals surface area contributed by atoms with E-state index in [1.165, 1.54) is 20.2 Å². The highest BCUT2D eigenvalue weighted by molar-refractivity contribution is 6.53. The Hall–Kier alpha value is -3.11. The summed E-state index contributed by atoms with van der Waals surface area (Å²) in [6.45, 7) is -0.0344. The van der Waals surface area contributed by atoms with Crippen molar-refractivity contribution in [3.63, 3.8) is 0 Å². The number of fused-ring (bicyclic) bond motifs is 4. The van der Waals surface area contributed by atoms with E-state index in [0.29, 0.717) is 11.3 Å². The number of ether oxygens (including phenoxy) is 1. The second kappa shape index (κ2) is 8.98. The van der Waals surface area contributed by atoms with Crippen LogP contribution in [0.4, 0.5) is 0 Å². The van der Waals surface area contributed by atoms with Crippen LogP contribution >= 0.6 is 23.2 Å². The molecule has 0 bridgehead atoms. The summed E-state index contributed by atoms with van der Waals surface area (Å²) in [5, 5.41) is 19.9. The van der Waals surface area contributed by atoms with Crippen molar-refractivity contribution in [2.24, 2.45) is 17.8 Å². The number of carbonyl (C=O) groups is 5. The molecular weight excluding hydrogens is 539 g/mol. The number of likely N-dealkylation sites (tertiary alicyclic amines) is 2. The van der Waals surface area contributed by atoms with Gasteiger partial charge in [0.15, 0.2) is 9.75 Å². The number of carboxylic acids is 1. The number of carbonyl (C=O) groups excluding carboxylic acids is 4. The topological polar surface area (TPSA) is 142 Å². The summed E-state index contributed by atoms with van der Waals surface area (Å²) < 4.78 is 5.18. The molecule has 1 aromatic carbocycles. The lowest BCUT2D eigenvalue weighted by atomic mass is 9.56. The van der Waals surface area contributed by atoms with Crippen molar-refractivity contribution in [1.29, 1.82) is 0 Å². The number of alkyl halides is 2. The minimum absolute atomic E-state index is 0.0344. The number of aromatic hydroxyl groups is 1. The van der Waals surface area contributed by atoms with Crippen LogP contribution in [0.15, 0.2) is 29.8 Å². The van der Waals surface area contributed by atoms with Crippen molar-refractivity contribution in [3.05, 3.63) is 35.4 Å². The Kier molecular flexibility index (Phi) is 6.26. The number of aliphatic carboxylic acids is 1. The molecule has 2 aliphatic heterocycles. The molecule has 2 aliphatic carbocycles. The molecule has 12 heteroatoms. The first kappa shape index (κ1) is 26.5. The summed E-state index contributed by atoms with van der Waals surface area (Å²) in [6, 6.07) is 4.49. The first-order valence-corrected chi connectivity index (χ1v) is 13.0. The molecule has 5 rings (SSSR count). The number of halogens is 2. The van der Waals surface area contributed by atoms with E-state index in [0.717, 1.165) is 9.80 Å². The van der Waals surface area contributed by atoms with Gasteiger partial charge in [-0.25, -0.2) is 0 Å². The van der Waals surface area contributed by atoms with Gasteiger partial charge in [0.2, 0.25) is 11.8 Å². The summed E-state index contributed by atoms with van der Waals surface area (Å²) in [7, 11) is 2.72. The van der Waals surface area contributed by atoms with Gasteiger partial charge in [0.1, 0.15) is 11.5 Å². The van der Waals surface area contributed by atoms with Crippen LogP contribution in [0.5, 0.6) is 11.5 Å². The number of amides is 4. The summed E-state index contributed by atoms with van der Waals surface area (Å²) in [5.41, 5.74) is 0.801. The zero-order chi connectivity index (χ0) is 27.7. The summed E-state index contributed by atoms with van der Waals surface area (Å²) in [6.07, 6.45) is 1.71. The summed E-state index contributed by atoms with van der Waals surface area (Å²) in [5.74, 6) is -6.55. The van der Waals surface area contributed by atoms with E-state index in [9.17, 15) is 29.1 Å². The number of imide groups is 2. The molecule has 3 fully saturated rings. The fraction of sp³-hybridized carbons (Fsp3) is 0.500. The first-order valence-electron chi connectivity index (χ1n) is 12.2. The van der Waals surface area contributed by atoms with Gasteiger partial charge in [0.05, 0.1) is 18.9 Å². The maximum Gasteiger partial charge on any atom is 0.303 e. The molecule has 202 valence electrons. The first-order chi connectivity index (χ1) is 17.9. The Bertz CT molecular complexity index is 1310. The van der Waals surface area contributed by atoms with Crippen LogP contribution in [-0.4, -0.2) is 80.1 Å². The zero-order valence-corrected chi connectivity index (χ0v) is 22.2. The van der Waals surface area contributed by atoms with E-state index in [2.05, 4.69) is 0 Å². The van der Waals surface area contributed by atoms with Gasteiger partial charge >= 0.3 is 5.97 Å². The minimum atomic E-state index is -1.99. The molecule has 6 atom stereocenters. The molecule has 10 nitrogen and oxygen atoms in total. The highest BCUT2D eigenvalue weighted by Crippen LogP contribution is 2.66. The van der Waals surface area contributed by atoms with E-state index in [4.69, 9.17) is 33.0 Å². The Balaban J connectivity index is 1.63. The Morgan fingerprint density at radius 1 is 1.13 bits per heavy atom. The van der Waals surface area contributed by atoms with Crippen molar-refractivity contribution in [1.82, 2.24) is 9.80 Å². The lowest BCUT2D eigenvalue weighted by Crippen LogP contribution is -2.60. The molecule has 4 amide bonds. The van der Waals surface area contributed by atoms with E-state index >= 15 is 0 Å². The van der Waals surface area contributed by atoms with Crippen molar-refractivity contribution in [2.75, 3.05) is 20.7 Å². The van der Waals surface area contributed by atoms with Crippen molar-refractivity contribution >= 4 is 52.8 Å². The van der Waals surface area contributed by atoms with Crippen molar-refractivity contribution in [3.8, 4) is 11.5 Å². The van der Waals surface area contributed by atoms with Gasteiger partial charge in [-0.3, -0.25) is 33.8 Å². The van der Waals surface area contributed by atoms with E-state index in [-0.39, 0.29) is 43.5 Å². The number of phenols is 1. The lowest BCUT2D eigenvalue weighted by molar-refractivity contribution is -0.142. The molecule has 0 spiro atoms. The fourth-order valence-corrected chi connectivity index (χ4v) is 7.67. The third kappa shape index (κ3) is 3.42. The largest absolute Gasteiger partial charge is 0.508 e. The van der Waals surface area contributed by atoms with E-state index < -0.39 is 63.0 Å². The SMILES string of the molecule is COc1ccc([C@H]2C3=CC[C@@H]4C(=O)N(CCCC(=O)O)C(=O)[C@@H]4[C@@H]3C[C@@]3(Cl)C(=O)N(C)C(=O)[C@@]23Cl)c(O)c1. The van der Waals surface area contributed by atoms with Gasteiger partial charge in [0, 0.05) is 37.6 Å². The Labute approximate surface area is 228 Å². The number of phenolic OH excluding ortho intramolecular Hbond substituents is 1.